The standard InChI is InChI=1S/C21H24F3N3O3/c1-13-9-10-27(11-13)19-18(8-7-17(26-19)20(29)25-14(2)12-28)30-16-5-3-15(4-6-16)21(22,23)24/h3-8,13-14,28H,9-12H2,1-2H3,(H,25,29)/t13-,14-/m1/s1. The molecule has 2 heterocycles. The number of halogens is 3. The van der Waals surface area contributed by atoms with Gasteiger partial charge < -0.3 is 20.1 Å². The van der Waals surface area contributed by atoms with Gasteiger partial charge in [-0.1, -0.05) is 6.92 Å². The molecule has 9 heteroatoms. The van der Waals surface area contributed by atoms with E-state index in [9.17, 15) is 18.0 Å². The number of alkyl halides is 3. The van der Waals surface area contributed by atoms with E-state index < -0.39 is 23.7 Å². The summed E-state index contributed by atoms with van der Waals surface area (Å²) in [5.41, 5.74) is -0.587. The molecule has 1 fully saturated rings. The minimum absolute atomic E-state index is 0.171. The topological polar surface area (TPSA) is 74.7 Å². The lowest BCUT2D eigenvalue weighted by molar-refractivity contribution is -0.137. The number of carbonyl (C=O) groups is 1. The van der Waals surface area contributed by atoms with Crippen LogP contribution in [0.15, 0.2) is 36.4 Å². The summed E-state index contributed by atoms with van der Waals surface area (Å²) in [5, 5.41) is 11.8. The molecule has 2 atom stereocenters. The molecular formula is C21H24F3N3O3. The number of amides is 1. The molecule has 3 rings (SSSR count). The fourth-order valence-electron chi connectivity index (χ4n) is 3.18. The molecule has 0 saturated carbocycles. The molecule has 0 unspecified atom stereocenters. The number of benzene rings is 1. The summed E-state index contributed by atoms with van der Waals surface area (Å²) in [6.45, 7) is 5.04. The summed E-state index contributed by atoms with van der Waals surface area (Å²) in [4.78, 5) is 18.8. The van der Waals surface area contributed by atoms with Crippen molar-refractivity contribution in [3.05, 3.63) is 47.7 Å². The molecule has 1 aliphatic rings. The number of rotatable bonds is 6. The molecule has 1 aromatic carbocycles. The fraction of sp³-hybridized carbons (Fsp3) is 0.429. The van der Waals surface area contributed by atoms with Crippen LogP contribution in [0.3, 0.4) is 0 Å². The minimum atomic E-state index is -4.42. The van der Waals surface area contributed by atoms with Crippen molar-refractivity contribution in [3.63, 3.8) is 0 Å². The zero-order valence-electron chi connectivity index (χ0n) is 16.7. The Balaban J connectivity index is 1.88. The molecule has 0 aliphatic carbocycles. The zero-order valence-corrected chi connectivity index (χ0v) is 16.7. The third-order valence-corrected chi connectivity index (χ3v) is 4.86. The molecule has 1 aromatic heterocycles. The van der Waals surface area contributed by atoms with Crippen LogP contribution in [0.5, 0.6) is 11.5 Å². The Morgan fingerprint density at radius 2 is 2.00 bits per heavy atom. The van der Waals surface area contributed by atoms with E-state index in [1.807, 2.05) is 4.90 Å². The normalized spacial score (nSPS) is 17.7. The second kappa shape index (κ2) is 8.91. The van der Waals surface area contributed by atoms with E-state index in [4.69, 9.17) is 9.84 Å². The predicted molar refractivity (Wildman–Crippen MR) is 106 cm³/mol. The van der Waals surface area contributed by atoms with Gasteiger partial charge >= 0.3 is 6.18 Å². The van der Waals surface area contributed by atoms with Gasteiger partial charge in [-0.15, -0.1) is 0 Å². The van der Waals surface area contributed by atoms with E-state index in [0.717, 1.165) is 31.6 Å². The number of pyridine rings is 1. The van der Waals surface area contributed by atoms with E-state index in [2.05, 4.69) is 17.2 Å². The van der Waals surface area contributed by atoms with E-state index in [-0.39, 0.29) is 18.1 Å². The van der Waals surface area contributed by atoms with Crippen LogP contribution in [-0.2, 0) is 6.18 Å². The van der Waals surface area contributed by atoms with Crippen molar-refractivity contribution in [3.8, 4) is 11.5 Å². The van der Waals surface area contributed by atoms with E-state index in [1.54, 1.807) is 13.0 Å². The monoisotopic (exact) mass is 423 g/mol. The van der Waals surface area contributed by atoms with Crippen molar-refractivity contribution in [1.82, 2.24) is 10.3 Å². The lowest BCUT2D eigenvalue weighted by Crippen LogP contribution is -2.35. The maximum atomic E-state index is 12.8. The van der Waals surface area contributed by atoms with Gasteiger partial charge in [-0.2, -0.15) is 13.2 Å². The van der Waals surface area contributed by atoms with Gasteiger partial charge in [0.15, 0.2) is 11.6 Å². The molecule has 0 bridgehead atoms. The van der Waals surface area contributed by atoms with Crippen molar-refractivity contribution < 1.29 is 27.8 Å². The third kappa shape index (κ3) is 5.21. The second-order valence-electron chi connectivity index (χ2n) is 7.54. The van der Waals surface area contributed by atoms with Crippen LogP contribution in [0.4, 0.5) is 19.0 Å². The van der Waals surface area contributed by atoms with Crippen LogP contribution in [0.1, 0.15) is 36.3 Å². The highest BCUT2D eigenvalue weighted by Gasteiger charge is 2.30. The van der Waals surface area contributed by atoms with Gasteiger partial charge in [0, 0.05) is 19.1 Å². The highest BCUT2D eigenvalue weighted by atomic mass is 19.4. The summed E-state index contributed by atoms with van der Waals surface area (Å²) in [6.07, 6.45) is -3.46. The smallest absolute Gasteiger partial charge is 0.416 e. The van der Waals surface area contributed by atoms with E-state index in [0.29, 0.717) is 17.5 Å². The van der Waals surface area contributed by atoms with Gasteiger partial charge in [-0.05, 0) is 55.7 Å². The number of hydrogen-bond donors (Lipinski definition) is 2. The highest BCUT2D eigenvalue weighted by Crippen LogP contribution is 2.35. The van der Waals surface area contributed by atoms with E-state index >= 15 is 0 Å². The number of aliphatic hydroxyl groups excluding tert-OH is 1. The van der Waals surface area contributed by atoms with Crippen molar-refractivity contribution in [1.29, 1.82) is 0 Å². The molecule has 1 amide bonds. The van der Waals surface area contributed by atoms with Crippen LogP contribution >= 0.6 is 0 Å². The van der Waals surface area contributed by atoms with Crippen LogP contribution in [0.2, 0.25) is 0 Å². The number of carbonyl (C=O) groups excluding carboxylic acids is 1. The van der Waals surface area contributed by atoms with Crippen molar-refractivity contribution >= 4 is 11.7 Å². The Labute approximate surface area is 172 Å². The maximum absolute atomic E-state index is 12.8. The van der Waals surface area contributed by atoms with Crippen LogP contribution < -0.4 is 15.0 Å². The minimum Gasteiger partial charge on any atom is -0.453 e. The van der Waals surface area contributed by atoms with Gasteiger partial charge in [-0.25, -0.2) is 4.98 Å². The molecule has 6 nitrogen and oxygen atoms in total. The van der Waals surface area contributed by atoms with E-state index in [1.165, 1.54) is 18.2 Å². The fourth-order valence-corrected chi connectivity index (χ4v) is 3.18. The average Bonchev–Trinajstić information content (AvgIpc) is 3.14. The number of nitrogens with one attached hydrogen (secondary N) is 1. The lowest BCUT2D eigenvalue weighted by atomic mass is 10.2. The number of anilines is 1. The predicted octanol–water partition coefficient (Wildman–Crippen LogP) is 3.85. The van der Waals surface area contributed by atoms with Crippen LogP contribution in [0.25, 0.3) is 0 Å². The number of ether oxygens (including phenoxy) is 1. The van der Waals surface area contributed by atoms with Crippen LogP contribution in [-0.4, -0.2) is 41.7 Å². The molecule has 2 aromatic rings. The molecule has 162 valence electrons. The summed E-state index contributed by atoms with van der Waals surface area (Å²) >= 11 is 0. The van der Waals surface area contributed by atoms with Gasteiger partial charge in [0.05, 0.1) is 12.2 Å². The largest absolute Gasteiger partial charge is 0.453 e. The van der Waals surface area contributed by atoms with Gasteiger partial charge in [0.1, 0.15) is 11.4 Å². The second-order valence-corrected chi connectivity index (χ2v) is 7.54. The third-order valence-electron chi connectivity index (χ3n) is 4.86. The molecule has 2 N–H and O–H groups in total. The molecule has 30 heavy (non-hydrogen) atoms. The van der Waals surface area contributed by atoms with Crippen molar-refractivity contribution in [2.24, 2.45) is 5.92 Å². The first kappa shape index (κ1) is 21.9. The molecule has 1 aliphatic heterocycles. The summed E-state index contributed by atoms with van der Waals surface area (Å²) in [5.74, 6) is 1.08. The first-order valence-electron chi connectivity index (χ1n) is 9.70. The summed E-state index contributed by atoms with van der Waals surface area (Å²) in [7, 11) is 0. The number of nitrogens with zero attached hydrogens (tertiary/aromatic N) is 2. The van der Waals surface area contributed by atoms with Crippen molar-refractivity contribution in [2.75, 3.05) is 24.6 Å². The number of aromatic nitrogens is 1. The van der Waals surface area contributed by atoms with Gasteiger partial charge in [0.2, 0.25) is 0 Å². The summed E-state index contributed by atoms with van der Waals surface area (Å²) < 4.78 is 44.1. The SMILES string of the molecule is C[C@@H]1CCN(c2nc(C(=O)N[C@H](C)CO)ccc2Oc2ccc(C(F)(F)F)cc2)C1. The Morgan fingerprint density at radius 3 is 2.57 bits per heavy atom. The highest BCUT2D eigenvalue weighted by molar-refractivity contribution is 5.93. The molecule has 0 radical (unpaired) electrons. The quantitative estimate of drug-likeness (QED) is 0.738. The summed E-state index contributed by atoms with van der Waals surface area (Å²) in [6, 6.07) is 7.07. The Bertz CT molecular complexity index is 887. The van der Waals surface area contributed by atoms with Crippen LogP contribution in [0, 0.1) is 5.92 Å². The Kier molecular flexibility index (Phi) is 6.50. The lowest BCUT2D eigenvalue weighted by Gasteiger charge is -2.21. The first-order chi connectivity index (χ1) is 14.2. The van der Waals surface area contributed by atoms with Gasteiger partial charge in [-0.3, -0.25) is 4.79 Å². The average molecular weight is 423 g/mol. The number of aliphatic hydroxyl groups is 1. The number of hydrogen-bond acceptors (Lipinski definition) is 5. The Morgan fingerprint density at radius 1 is 1.30 bits per heavy atom. The Hall–Kier alpha value is -2.81. The molecule has 0 spiro atoms. The molecule has 1 saturated heterocycles. The van der Waals surface area contributed by atoms with Gasteiger partial charge in [0.25, 0.3) is 5.91 Å². The molecular weight excluding hydrogens is 399 g/mol. The maximum Gasteiger partial charge on any atom is 0.416 e. The first-order valence-corrected chi connectivity index (χ1v) is 9.70. The van der Waals surface area contributed by atoms with Crippen molar-refractivity contribution in [2.45, 2.75) is 32.5 Å². The zero-order chi connectivity index (χ0) is 21.9.